The maximum atomic E-state index is 12.7. The molecule has 0 aliphatic rings. The van der Waals surface area contributed by atoms with Gasteiger partial charge in [-0.15, -0.1) is 11.3 Å². The summed E-state index contributed by atoms with van der Waals surface area (Å²) in [5, 5.41) is 15.3. The second kappa shape index (κ2) is 27.6. The van der Waals surface area contributed by atoms with Crippen molar-refractivity contribution in [3.8, 4) is 34.2 Å². The van der Waals surface area contributed by atoms with Gasteiger partial charge in [-0.3, -0.25) is 15.0 Å². The smallest absolute Gasteiger partial charge is 0.753 e. The van der Waals surface area contributed by atoms with Gasteiger partial charge >= 0.3 is 25.7 Å². The summed E-state index contributed by atoms with van der Waals surface area (Å²) in [5.41, 5.74) is 7.12. The Balaban J connectivity index is 0.000000307. The van der Waals surface area contributed by atoms with E-state index in [0.29, 0.717) is 5.69 Å². The molecule has 0 spiro atoms. The van der Waals surface area contributed by atoms with Crippen molar-refractivity contribution in [2.75, 3.05) is 0 Å². The summed E-state index contributed by atoms with van der Waals surface area (Å²) in [5.74, 6) is 0. The van der Waals surface area contributed by atoms with Gasteiger partial charge in [0.15, 0.2) is 0 Å². The van der Waals surface area contributed by atoms with Crippen molar-refractivity contribution in [3.63, 3.8) is 0 Å². The Morgan fingerprint density at radius 2 is 1.15 bits per heavy atom. The van der Waals surface area contributed by atoms with Crippen molar-refractivity contribution in [1.82, 2.24) is 30.1 Å². The van der Waals surface area contributed by atoms with E-state index in [4.69, 9.17) is 10.4 Å². The molecule has 0 aliphatic heterocycles. The first-order chi connectivity index (χ1) is 29.6. The number of nitrogens with zero attached hydrogens (tertiary/aromatic N) is 7. The van der Waals surface area contributed by atoms with E-state index in [2.05, 4.69) is 138 Å². The number of halogens is 3. The summed E-state index contributed by atoms with van der Waals surface area (Å²) in [6.07, 6.45) is 26.6. The monoisotopic (exact) mass is 959 g/mol. The van der Waals surface area contributed by atoms with Crippen molar-refractivity contribution < 1.29 is 32.6 Å². The standard InChI is InChI=1S/C27H29N3.C21H21F3N3S.CNS.Ru/c1-4-7-10-21-13-15-28-24(17-21)26-19-23(12-9-6-3)20-27(30-26)25-18-22(11-8-5-2)14-16-29-25;1-2-3-4-5-6-16-9-10-17(28-16)8-7-15-11-12-25-18(13-15)19-14-20(27-26-19)21(22,23)24;2-1-3;/h7-20H,4-6H2,1-3H3;7-14H,2-6H2,1H3;;/q;2*-1;+2/b10-7+,11-8+,12-9+;8-7+;;. The Labute approximate surface area is 385 Å². The third-order valence-corrected chi connectivity index (χ3v) is 9.96. The molecule has 6 rings (SSSR count). The molecule has 0 aromatic carbocycles. The molecule has 6 heterocycles. The molecule has 0 atom stereocenters. The Bertz CT molecular complexity index is 2350. The first-order valence-corrected chi connectivity index (χ1v) is 21.6. The Morgan fingerprint density at radius 3 is 1.66 bits per heavy atom. The number of rotatable bonds is 16. The number of aryl methyl sites for hydroxylation is 1. The van der Waals surface area contributed by atoms with Crippen molar-refractivity contribution in [2.45, 2.75) is 85.2 Å². The Hall–Kier alpha value is -5.32. The van der Waals surface area contributed by atoms with E-state index in [1.165, 1.54) is 35.7 Å². The van der Waals surface area contributed by atoms with Crippen LogP contribution in [0.25, 0.3) is 70.0 Å². The van der Waals surface area contributed by atoms with E-state index in [-0.39, 0.29) is 25.2 Å². The fraction of sp³-hybridized carbons (Fsp3) is 0.265. The molecule has 0 amide bonds. The van der Waals surface area contributed by atoms with Gasteiger partial charge in [-0.1, -0.05) is 107 Å². The first-order valence-electron chi connectivity index (χ1n) is 20.4. The number of thiocarbonyl (C=S) groups is 1. The number of aromatic nitrogens is 6. The maximum Gasteiger partial charge on any atom is 2.00 e. The molecule has 0 N–H and O–H groups in total. The predicted octanol–water partition coefficient (Wildman–Crippen LogP) is 14.6. The molecule has 13 heteroatoms. The molecule has 0 aliphatic carbocycles. The molecule has 0 unspecified atom stereocenters. The van der Waals surface area contributed by atoms with Crippen LogP contribution in [0.3, 0.4) is 0 Å². The maximum absolute atomic E-state index is 12.7. The number of hydrogen-bond acceptors (Lipinski definition) is 7. The summed E-state index contributed by atoms with van der Waals surface area (Å²) in [6, 6.07) is 21.1. The fourth-order valence-corrected chi connectivity index (χ4v) is 6.78. The van der Waals surface area contributed by atoms with Crippen LogP contribution in [0.5, 0.6) is 0 Å². The zero-order valence-corrected chi connectivity index (χ0v) is 38.7. The van der Waals surface area contributed by atoms with Crippen LogP contribution in [0.1, 0.15) is 110 Å². The van der Waals surface area contributed by atoms with Crippen LogP contribution < -0.4 is 5.10 Å². The molecule has 0 saturated heterocycles. The van der Waals surface area contributed by atoms with E-state index >= 15 is 0 Å². The minimum Gasteiger partial charge on any atom is -0.753 e. The van der Waals surface area contributed by atoms with Gasteiger partial charge in [0.05, 0.1) is 22.8 Å². The first kappa shape index (κ1) is 51.0. The fourth-order valence-electron chi connectivity index (χ4n) is 5.83. The largest absolute Gasteiger partial charge is 2.00 e. The molecule has 322 valence electrons. The van der Waals surface area contributed by atoms with Crippen LogP contribution in [0, 0.1) is 0 Å². The van der Waals surface area contributed by atoms with Crippen LogP contribution in [-0.2, 0) is 32.1 Å². The predicted molar refractivity (Wildman–Crippen MR) is 252 cm³/mol. The SMILES string of the molecule is CC/C=C/c1ccnc(-c2cc(/C=C/CC)cc(-c3cc(/C=C/CC)ccn3)n2)c1.CCCCCCc1ccc(/C=C/c2ccnc(-c3cc(C(F)(F)F)n[n-]3)c2)s1.[N-]=C=S.[Ru+2]. The third-order valence-electron chi connectivity index (χ3n) is 8.85. The molecule has 0 radical (unpaired) electrons. The van der Waals surface area contributed by atoms with Crippen molar-refractivity contribution in [1.29, 1.82) is 0 Å². The number of pyridine rings is 4. The van der Waals surface area contributed by atoms with Crippen LogP contribution in [0.2, 0.25) is 0 Å². The van der Waals surface area contributed by atoms with Gasteiger partial charge < -0.3 is 15.6 Å². The quantitative estimate of drug-likeness (QED) is 0.0412. The van der Waals surface area contributed by atoms with E-state index in [9.17, 15) is 13.2 Å². The second-order valence-corrected chi connectivity index (χ2v) is 15.1. The van der Waals surface area contributed by atoms with Crippen LogP contribution in [0.15, 0.2) is 104 Å². The van der Waals surface area contributed by atoms with Gasteiger partial charge in [-0.2, -0.15) is 18.3 Å². The molecule has 0 fully saturated rings. The summed E-state index contributed by atoms with van der Waals surface area (Å²) in [6.45, 7) is 8.60. The minimum atomic E-state index is -4.50. The van der Waals surface area contributed by atoms with Crippen LogP contribution >= 0.6 is 23.6 Å². The van der Waals surface area contributed by atoms with Gasteiger partial charge in [0, 0.05) is 34.0 Å². The van der Waals surface area contributed by atoms with E-state index in [0.717, 1.165) is 81.7 Å². The van der Waals surface area contributed by atoms with E-state index < -0.39 is 11.9 Å². The van der Waals surface area contributed by atoms with Crippen LogP contribution in [-0.4, -0.2) is 30.2 Å². The summed E-state index contributed by atoms with van der Waals surface area (Å²) in [7, 11) is 0. The molecule has 62 heavy (non-hydrogen) atoms. The molecule has 7 nitrogen and oxygen atoms in total. The van der Waals surface area contributed by atoms with Crippen molar-refractivity contribution in [3.05, 3.63) is 147 Å². The topological polar surface area (TPSA) is 101 Å². The van der Waals surface area contributed by atoms with Gasteiger partial charge in [0.1, 0.15) is 5.69 Å². The average molecular weight is 959 g/mol. The summed E-state index contributed by atoms with van der Waals surface area (Å²) >= 11 is 5.47. The van der Waals surface area contributed by atoms with Crippen LogP contribution in [0.4, 0.5) is 13.2 Å². The number of hydrogen-bond donors (Lipinski definition) is 0. The van der Waals surface area contributed by atoms with Gasteiger partial charge in [-0.05, 0) is 127 Å². The molecule has 0 bridgehead atoms. The van der Waals surface area contributed by atoms with Crippen molar-refractivity contribution >= 4 is 59.1 Å². The third kappa shape index (κ3) is 17.2. The van der Waals surface area contributed by atoms with Crippen molar-refractivity contribution in [2.24, 2.45) is 0 Å². The number of alkyl halides is 3. The van der Waals surface area contributed by atoms with Gasteiger partial charge in [-0.25, -0.2) is 4.98 Å². The van der Waals surface area contributed by atoms with Gasteiger partial charge in [0.25, 0.3) is 0 Å². The second-order valence-electron chi connectivity index (χ2n) is 13.7. The number of unbranched alkanes of at least 4 members (excludes halogenated alkanes) is 3. The minimum absolute atomic E-state index is 0. The zero-order valence-electron chi connectivity index (χ0n) is 35.3. The Kier molecular flexibility index (Phi) is 22.7. The summed E-state index contributed by atoms with van der Waals surface area (Å²) < 4.78 is 38.1. The summed E-state index contributed by atoms with van der Waals surface area (Å²) in [4.78, 5) is 20.7. The molecule has 6 aromatic heterocycles. The molecular formula is C49H50F3N7RuS2. The normalized spacial score (nSPS) is 11.3. The molecule has 6 aromatic rings. The molecule has 0 saturated carbocycles. The number of allylic oxidation sites excluding steroid dienone is 3. The van der Waals surface area contributed by atoms with E-state index in [1.807, 2.05) is 36.7 Å². The molecular weight excluding hydrogens is 909 g/mol. The zero-order chi connectivity index (χ0) is 43.9. The van der Waals surface area contributed by atoms with Gasteiger partial charge in [0.2, 0.25) is 0 Å². The van der Waals surface area contributed by atoms with E-state index in [1.54, 1.807) is 29.7 Å². The number of thiophene rings is 1. The number of isothiocyanates is 1. The Morgan fingerprint density at radius 1 is 0.645 bits per heavy atom. The average Bonchev–Trinajstić information content (AvgIpc) is 3.97.